The topological polar surface area (TPSA) is 78.5 Å². The number of hydrogen-bond acceptors (Lipinski definition) is 4. The summed E-state index contributed by atoms with van der Waals surface area (Å²) in [6, 6.07) is 5.25. The van der Waals surface area contributed by atoms with Crippen LogP contribution in [-0.4, -0.2) is 53.0 Å². The lowest BCUT2D eigenvalue weighted by molar-refractivity contribution is -0.119. The normalized spacial score (nSPS) is 14.6. The van der Waals surface area contributed by atoms with Crippen LogP contribution in [0.1, 0.15) is 24.0 Å². The molecule has 2 rings (SSSR count). The zero-order valence-corrected chi connectivity index (χ0v) is 14.6. The van der Waals surface area contributed by atoms with Crippen molar-refractivity contribution in [3.8, 4) is 0 Å². The second kappa shape index (κ2) is 7.90. The van der Waals surface area contributed by atoms with Gasteiger partial charge in [0, 0.05) is 13.1 Å². The predicted octanol–water partition coefficient (Wildman–Crippen LogP) is 0.522. The number of amides is 1. The van der Waals surface area contributed by atoms with Gasteiger partial charge in [-0.15, -0.1) is 0 Å². The first-order valence-corrected chi connectivity index (χ1v) is 9.40. The van der Waals surface area contributed by atoms with Gasteiger partial charge < -0.3 is 10.2 Å². The average Bonchev–Trinajstić information content (AvgIpc) is 2.52. The summed E-state index contributed by atoms with van der Waals surface area (Å²) < 4.78 is 27.0. The highest BCUT2D eigenvalue weighted by atomic mass is 32.2. The molecule has 2 N–H and O–H groups in total. The van der Waals surface area contributed by atoms with E-state index in [9.17, 15) is 13.2 Å². The highest BCUT2D eigenvalue weighted by Crippen LogP contribution is 2.23. The van der Waals surface area contributed by atoms with E-state index in [1.54, 1.807) is 12.1 Å². The molecule has 0 saturated carbocycles. The van der Waals surface area contributed by atoms with Crippen molar-refractivity contribution in [1.82, 2.24) is 14.9 Å². The van der Waals surface area contributed by atoms with E-state index in [0.717, 1.165) is 31.2 Å². The van der Waals surface area contributed by atoms with Crippen LogP contribution in [-0.2, 0) is 27.7 Å². The number of carbonyl (C=O) groups is 1. The fourth-order valence-electron chi connectivity index (χ4n) is 2.60. The predicted molar refractivity (Wildman–Crippen MR) is 89.8 cm³/mol. The Morgan fingerprint density at radius 2 is 1.87 bits per heavy atom. The molecule has 6 nitrogen and oxygen atoms in total. The lowest BCUT2D eigenvalue weighted by atomic mass is 9.92. The number of benzene rings is 1. The van der Waals surface area contributed by atoms with E-state index < -0.39 is 10.0 Å². The molecule has 1 aliphatic rings. The number of carbonyl (C=O) groups excluding carboxylic acids is 1. The van der Waals surface area contributed by atoms with Crippen LogP contribution < -0.4 is 10.0 Å². The molecule has 1 aliphatic carbocycles. The van der Waals surface area contributed by atoms with Gasteiger partial charge >= 0.3 is 0 Å². The van der Waals surface area contributed by atoms with Gasteiger partial charge in [-0.25, -0.2) is 13.1 Å². The smallest absolute Gasteiger partial charge is 0.241 e. The van der Waals surface area contributed by atoms with Crippen LogP contribution in [0.2, 0.25) is 0 Å². The molecule has 0 atom stereocenters. The third-order valence-corrected chi connectivity index (χ3v) is 5.33. The standard InChI is InChI=1S/C16H25N3O3S/c1-19(2)10-9-17-16(20)12-18-23(21,22)15-8-7-13-5-3-4-6-14(13)11-15/h7-8,11,18H,3-6,9-10,12H2,1-2H3,(H,17,20). The molecule has 0 aliphatic heterocycles. The van der Waals surface area contributed by atoms with Crippen molar-refractivity contribution in [3.63, 3.8) is 0 Å². The van der Waals surface area contributed by atoms with Crippen LogP contribution in [0.3, 0.4) is 0 Å². The van der Waals surface area contributed by atoms with Gasteiger partial charge in [0.05, 0.1) is 11.4 Å². The minimum atomic E-state index is -3.65. The van der Waals surface area contributed by atoms with Gasteiger partial charge in [0.15, 0.2) is 0 Å². The highest BCUT2D eigenvalue weighted by molar-refractivity contribution is 7.89. The monoisotopic (exact) mass is 339 g/mol. The van der Waals surface area contributed by atoms with Crippen LogP contribution in [0.25, 0.3) is 0 Å². The number of nitrogens with one attached hydrogen (secondary N) is 2. The Hall–Kier alpha value is -1.44. The number of likely N-dealkylation sites (N-methyl/N-ethyl adjacent to an activating group) is 1. The molecule has 0 spiro atoms. The van der Waals surface area contributed by atoms with Crippen molar-refractivity contribution >= 4 is 15.9 Å². The van der Waals surface area contributed by atoms with Gasteiger partial charge in [-0.2, -0.15) is 0 Å². The van der Waals surface area contributed by atoms with Crippen molar-refractivity contribution in [2.24, 2.45) is 0 Å². The molecule has 1 aromatic carbocycles. The van der Waals surface area contributed by atoms with Crippen LogP contribution in [0.4, 0.5) is 0 Å². The maximum absolute atomic E-state index is 12.3. The van der Waals surface area contributed by atoms with E-state index in [1.165, 1.54) is 5.56 Å². The molecule has 7 heteroatoms. The first kappa shape index (κ1) is 17.9. The summed E-state index contributed by atoms with van der Waals surface area (Å²) in [6.45, 7) is 0.961. The fraction of sp³-hybridized carbons (Fsp3) is 0.562. The van der Waals surface area contributed by atoms with E-state index in [4.69, 9.17) is 0 Å². The molecule has 0 fully saturated rings. The van der Waals surface area contributed by atoms with Gasteiger partial charge in [0.2, 0.25) is 15.9 Å². The number of fused-ring (bicyclic) bond motifs is 1. The lowest BCUT2D eigenvalue weighted by Crippen LogP contribution is -2.39. The molecule has 0 radical (unpaired) electrons. The number of rotatable bonds is 7. The average molecular weight is 339 g/mol. The Labute approximate surface area is 138 Å². The Morgan fingerprint density at radius 3 is 2.57 bits per heavy atom. The molecule has 1 amide bonds. The summed E-state index contributed by atoms with van der Waals surface area (Å²) in [4.78, 5) is 13.9. The summed E-state index contributed by atoms with van der Waals surface area (Å²) in [7, 11) is 0.164. The van der Waals surface area contributed by atoms with Crippen molar-refractivity contribution in [1.29, 1.82) is 0 Å². The van der Waals surface area contributed by atoms with E-state index in [1.807, 2.05) is 25.1 Å². The molecule has 0 aromatic heterocycles. The molecule has 1 aromatic rings. The minimum absolute atomic E-state index is 0.235. The SMILES string of the molecule is CN(C)CCNC(=O)CNS(=O)(=O)c1ccc2c(c1)CCCC2. The number of hydrogen-bond donors (Lipinski definition) is 2. The van der Waals surface area contributed by atoms with Gasteiger partial charge in [0.1, 0.15) is 0 Å². The van der Waals surface area contributed by atoms with Crippen molar-refractivity contribution < 1.29 is 13.2 Å². The number of nitrogens with zero attached hydrogens (tertiary/aromatic N) is 1. The van der Waals surface area contributed by atoms with E-state index in [0.29, 0.717) is 13.1 Å². The van der Waals surface area contributed by atoms with Crippen LogP contribution in [0, 0.1) is 0 Å². The largest absolute Gasteiger partial charge is 0.354 e. The first-order valence-electron chi connectivity index (χ1n) is 7.91. The molecule has 0 unspecified atom stereocenters. The maximum Gasteiger partial charge on any atom is 0.241 e. The number of aryl methyl sites for hydroxylation is 2. The third kappa shape index (κ3) is 5.30. The first-order chi connectivity index (χ1) is 10.9. The van der Waals surface area contributed by atoms with Gasteiger partial charge in [0.25, 0.3) is 0 Å². The Balaban J connectivity index is 1.92. The second-order valence-electron chi connectivity index (χ2n) is 6.12. The molecule has 128 valence electrons. The Kier molecular flexibility index (Phi) is 6.15. The molecule has 23 heavy (non-hydrogen) atoms. The van der Waals surface area contributed by atoms with Crippen LogP contribution in [0.15, 0.2) is 23.1 Å². The summed E-state index contributed by atoms with van der Waals surface area (Å²) >= 11 is 0. The fourth-order valence-corrected chi connectivity index (χ4v) is 3.63. The van der Waals surface area contributed by atoms with Gasteiger partial charge in [-0.3, -0.25) is 4.79 Å². The van der Waals surface area contributed by atoms with Crippen LogP contribution >= 0.6 is 0 Å². The molecule has 0 saturated heterocycles. The van der Waals surface area contributed by atoms with E-state index >= 15 is 0 Å². The van der Waals surface area contributed by atoms with Crippen molar-refractivity contribution in [3.05, 3.63) is 29.3 Å². The van der Waals surface area contributed by atoms with Crippen LogP contribution in [0.5, 0.6) is 0 Å². The zero-order chi connectivity index (χ0) is 16.9. The van der Waals surface area contributed by atoms with Crippen molar-refractivity contribution in [2.75, 3.05) is 33.7 Å². The highest BCUT2D eigenvalue weighted by Gasteiger charge is 2.18. The van der Waals surface area contributed by atoms with E-state index in [2.05, 4.69) is 10.0 Å². The summed E-state index contributed by atoms with van der Waals surface area (Å²) in [6.07, 6.45) is 4.18. The quantitative estimate of drug-likeness (QED) is 0.759. The Bertz CT molecular complexity index is 657. The van der Waals surface area contributed by atoms with E-state index in [-0.39, 0.29) is 17.3 Å². The minimum Gasteiger partial charge on any atom is -0.354 e. The van der Waals surface area contributed by atoms with Gasteiger partial charge in [-0.05, 0) is 63.0 Å². The molecule has 0 bridgehead atoms. The maximum atomic E-state index is 12.3. The molecular formula is C16H25N3O3S. The zero-order valence-electron chi connectivity index (χ0n) is 13.8. The summed E-state index contributed by atoms with van der Waals surface area (Å²) in [5.74, 6) is -0.326. The molecule has 0 heterocycles. The summed E-state index contributed by atoms with van der Waals surface area (Å²) in [5.41, 5.74) is 2.34. The Morgan fingerprint density at radius 1 is 1.17 bits per heavy atom. The third-order valence-electron chi connectivity index (χ3n) is 3.93. The second-order valence-corrected chi connectivity index (χ2v) is 7.88. The lowest BCUT2D eigenvalue weighted by Gasteiger charge is -2.16. The van der Waals surface area contributed by atoms with Gasteiger partial charge in [-0.1, -0.05) is 6.07 Å². The van der Waals surface area contributed by atoms with Crippen molar-refractivity contribution in [2.45, 2.75) is 30.6 Å². The molecular weight excluding hydrogens is 314 g/mol. The summed E-state index contributed by atoms with van der Waals surface area (Å²) in [5, 5.41) is 2.68. The number of sulfonamides is 1.